The molecule has 1 atom stereocenters. The van der Waals surface area contributed by atoms with Crippen LogP contribution < -0.4 is 0 Å². The first-order valence-corrected chi connectivity index (χ1v) is 6.21. The van der Waals surface area contributed by atoms with Gasteiger partial charge in [0.25, 0.3) is 10.1 Å². The van der Waals surface area contributed by atoms with E-state index in [1.807, 2.05) is 0 Å². The summed E-state index contributed by atoms with van der Waals surface area (Å²) in [4.78, 5) is 11.6. The summed E-state index contributed by atoms with van der Waals surface area (Å²) in [7, 11) is -4.39. The number of ketones is 1. The topological polar surface area (TPSA) is 60.4 Å². The van der Waals surface area contributed by atoms with Crippen molar-refractivity contribution in [1.82, 2.24) is 0 Å². The van der Waals surface area contributed by atoms with Crippen LogP contribution in [0, 0.1) is 5.82 Å². The van der Waals surface area contributed by atoms with Crippen LogP contribution in [-0.4, -0.2) is 26.3 Å². The number of carbonyl (C=O) groups excluding carboxylic acids is 1. The Morgan fingerprint density at radius 1 is 1.41 bits per heavy atom. The SMILES string of the molecule is C[C@H](OS(=O)(=O)CF)C(=O)c1ccccc1F. The second kappa shape index (κ2) is 5.33. The minimum atomic E-state index is -4.39. The zero-order valence-corrected chi connectivity index (χ0v) is 9.71. The predicted molar refractivity (Wildman–Crippen MR) is 56.2 cm³/mol. The van der Waals surface area contributed by atoms with E-state index in [2.05, 4.69) is 4.18 Å². The minimum absolute atomic E-state index is 0.297. The van der Waals surface area contributed by atoms with E-state index in [9.17, 15) is 22.0 Å². The second-order valence-electron chi connectivity index (χ2n) is 3.25. The van der Waals surface area contributed by atoms with Gasteiger partial charge >= 0.3 is 0 Å². The fraction of sp³-hybridized carbons (Fsp3) is 0.300. The maximum absolute atomic E-state index is 13.2. The van der Waals surface area contributed by atoms with Crippen LogP contribution in [-0.2, 0) is 14.3 Å². The van der Waals surface area contributed by atoms with Gasteiger partial charge in [-0.1, -0.05) is 12.1 Å². The van der Waals surface area contributed by atoms with Crippen LogP contribution in [0.1, 0.15) is 17.3 Å². The van der Waals surface area contributed by atoms with Crippen molar-refractivity contribution in [2.75, 3.05) is 6.01 Å². The van der Waals surface area contributed by atoms with E-state index < -0.39 is 33.8 Å². The Kier molecular flexibility index (Phi) is 4.30. The van der Waals surface area contributed by atoms with Crippen LogP contribution in [0.2, 0.25) is 0 Å². The molecule has 0 amide bonds. The Morgan fingerprint density at radius 2 is 2.00 bits per heavy atom. The molecule has 0 bridgehead atoms. The van der Waals surface area contributed by atoms with E-state index in [1.54, 1.807) is 0 Å². The number of rotatable bonds is 5. The first-order chi connectivity index (χ1) is 7.87. The van der Waals surface area contributed by atoms with Gasteiger partial charge in [0, 0.05) is 0 Å². The zero-order valence-electron chi connectivity index (χ0n) is 8.89. The van der Waals surface area contributed by atoms with Gasteiger partial charge in [-0.05, 0) is 19.1 Å². The van der Waals surface area contributed by atoms with Crippen LogP contribution in [0.4, 0.5) is 8.78 Å². The number of Topliss-reactive ketones (excluding diaryl/α,β-unsaturated/α-hetero) is 1. The third kappa shape index (κ3) is 3.57. The Labute approximate surface area is 97.3 Å². The second-order valence-corrected chi connectivity index (χ2v) is 4.78. The molecule has 0 heterocycles. The molecule has 0 aliphatic rings. The molecule has 7 heteroatoms. The lowest BCUT2D eigenvalue weighted by Gasteiger charge is -2.10. The van der Waals surface area contributed by atoms with E-state index in [4.69, 9.17) is 0 Å². The van der Waals surface area contributed by atoms with E-state index in [-0.39, 0.29) is 5.56 Å². The lowest BCUT2D eigenvalue weighted by atomic mass is 10.1. The van der Waals surface area contributed by atoms with Crippen LogP contribution in [0.15, 0.2) is 24.3 Å². The summed E-state index contributed by atoms with van der Waals surface area (Å²) in [6.07, 6.45) is -1.47. The maximum Gasteiger partial charge on any atom is 0.297 e. The third-order valence-corrected chi connectivity index (χ3v) is 2.78. The molecule has 94 valence electrons. The Hall–Kier alpha value is -1.34. The molecule has 1 rings (SSSR count). The summed E-state index contributed by atoms with van der Waals surface area (Å²) in [5.41, 5.74) is -0.297. The van der Waals surface area contributed by atoms with Gasteiger partial charge in [-0.25, -0.2) is 8.78 Å². The highest BCUT2D eigenvalue weighted by Crippen LogP contribution is 2.12. The zero-order chi connectivity index (χ0) is 13.1. The van der Waals surface area contributed by atoms with Crippen LogP contribution in [0.25, 0.3) is 0 Å². The summed E-state index contributed by atoms with van der Waals surface area (Å²) in [6.45, 7) is 1.11. The minimum Gasteiger partial charge on any atom is -0.291 e. The lowest BCUT2D eigenvalue weighted by molar-refractivity contribution is 0.0819. The quantitative estimate of drug-likeness (QED) is 0.599. The Bertz CT molecular complexity index is 513. The van der Waals surface area contributed by atoms with E-state index in [0.717, 1.165) is 13.0 Å². The summed E-state index contributed by atoms with van der Waals surface area (Å²) < 4.78 is 51.0. The maximum atomic E-state index is 13.2. The number of alkyl halides is 1. The van der Waals surface area contributed by atoms with E-state index in [1.165, 1.54) is 18.2 Å². The Balaban J connectivity index is 2.89. The monoisotopic (exact) mass is 264 g/mol. The van der Waals surface area contributed by atoms with Gasteiger partial charge in [0.2, 0.25) is 6.01 Å². The number of hydrogen-bond donors (Lipinski definition) is 0. The van der Waals surface area contributed by atoms with Gasteiger partial charge < -0.3 is 0 Å². The first kappa shape index (κ1) is 13.7. The van der Waals surface area contributed by atoms with Gasteiger partial charge in [-0.2, -0.15) is 8.42 Å². The smallest absolute Gasteiger partial charge is 0.291 e. The van der Waals surface area contributed by atoms with Crippen molar-refractivity contribution in [2.45, 2.75) is 13.0 Å². The normalized spacial score (nSPS) is 13.4. The fourth-order valence-electron chi connectivity index (χ4n) is 1.17. The molecule has 0 saturated heterocycles. The molecule has 0 N–H and O–H groups in total. The van der Waals surface area contributed by atoms with Gasteiger partial charge in [0.1, 0.15) is 11.9 Å². The standard InChI is InChI=1S/C10H10F2O4S/c1-7(16-17(14,15)6-11)10(13)8-4-2-3-5-9(8)12/h2-5,7H,6H2,1H3/t7-/m0/s1. The molecule has 0 radical (unpaired) electrons. The molecule has 0 unspecified atom stereocenters. The van der Waals surface area contributed by atoms with Gasteiger partial charge in [0.05, 0.1) is 5.56 Å². The average molecular weight is 264 g/mol. The summed E-state index contributed by atoms with van der Waals surface area (Å²) in [6, 6.07) is 3.33. The molecule has 17 heavy (non-hydrogen) atoms. The largest absolute Gasteiger partial charge is 0.297 e. The molecule has 1 aromatic rings. The molecule has 0 aliphatic carbocycles. The molecule has 0 spiro atoms. The number of hydrogen-bond acceptors (Lipinski definition) is 4. The summed E-state index contributed by atoms with van der Waals surface area (Å²) in [5, 5.41) is 0. The molecule has 4 nitrogen and oxygen atoms in total. The van der Waals surface area contributed by atoms with Crippen LogP contribution in [0.5, 0.6) is 0 Å². The van der Waals surface area contributed by atoms with Crippen molar-refractivity contribution >= 4 is 15.9 Å². The van der Waals surface area contributed by atoms with Crippen molar-refractivity contribution in [1.29, 1.82) is 0 Å². The van der Waals surface area contributed by atoms with Crippen molar-refractivity contribution in [3.8, 4) is 0 Å². The van der Waals surface area contributed by atoms with Crippen molar-refractivity contribution in [2.24, 2.45) is 0 Å². The third-order valence-electron chi connectivity index (χ3n) is 1.93. The molecular weight excluding hydrogens is 254 g/mol. The Morgan fingerprint density at radius 3 is 2.53 bits per heavy atom. The van der Waals surface area contributed by atoms with Crippen molar-refractivity contribution < 1.29 is 26.2 Å². The van der Waals surface area contributed by atoms with E-state index >= 15 is 0 Å². The predicted octanol–water partition coefficient (Wildman–Crippen LogP) is 1.67. The highest BCUT2D eigenvalue weighted by atomic mass is 32.2. The van der Waals surface area contributed by atoms with E-state index in [0.29, 0.717) is 0 Å². The average Bonchev–Trinajstić information content (AvgIpc) is 2.28. The highest BCUT2D eigenvalue weighted by Gasteiger charge is 2.24. The van der Waals surface area contributed by atoms with Gasteiger partial charge in [-0.3, -0.25) is 8.98 Å². The van der Waals surface area contributed by atoms with Crippen LogP contribution in [0.3, 0.4) is 0 Å². The molecule has 0 aliphatic heterocycles. The molecule has 0 saturated carbocycles. The molecule has 0 aromatic heterocycles. The number of halogens is 2. The fourth-order valence-corrected chi connectivity index (χ4v) is 1.75. The van der Waals surface area contributed by atoms with Crippen molar-refractivity contribution in [3.63, 3.8) is 0 Å². The molecule has 0 fully saturated rings. The van der Waals surface area contributed by atoms with Crippen molar-refractivity contribution in [3.05, 3.63) is 35.6 Å². The highest BCUT2D eigenvalue weighted by molar-refractivity contribution is 7.86. The lowest BCUT2D eigenvalue weighted by Crippen LogP contribution is -2.25. The number of benzene rings is 1. The summed E-state index contributed by atoms with van der Waals surface area (Å²) >= 11 is 0. The van der Waals surface area contributed by atoms with Gasteiger partial charge in [0.15, 0.2) is 5.78 Å². The number of carbonyl (C=O) groups is 1. The molecular formula is C10H10F2O4S. The van der Waals surface area contributed by atoms with Crippen LogP contribution >= 0.6 is 0 Å². The molecule has 1 aromatic carbocycles. The summed E-state index contributed by atoms with van der Waals surface area (Å²) in [5.74, 6) is -1.65. The first-order valence-electron chi connectivity index (χ1n) is 4.63. The van der Waals surface area contributed by atoms with Gasteiger partial charge in [-0.15, -0.1) is 0 Å².